The van der Waals surface area contributed by atoms with Crippen molar-refractivity contribution in [3.63, 3.8) is 0 Å². The summed E-state index contributed by atoms with van der Waals surface area (Å²) in [6.07, 6.45) is -3.87. The molecule has 0 amide bonds. The topological polar surface area (TPSA) is 110 Å². The Hall–Kier alpha value is -3.45. The number of ether oxygens (including phenoxy) is 5. The summed E-state index contributed by atoms with van der Waals surface area (Å²) in [5, 5.41) is 9.46. The van der Waals surface area contributed by atoms with E-state index in [0.717, 1.165) is 22.3 Å². The highest BCUT2D eigenvalue weighted by molar-refractivity contribution is 7.86. The van der Waals surface area contributed by atoms with Gasteiger partial charge in [-0.15, -0.1) is 0 Å². The van der Waals surface area contributed by atoms with Gasteiger partial charge in [0.2, 0.25) is 0 Å². The third kappa shape index (κ3) is 10.3. The third-order valence-electron chi connectivity index (χ3n) is 7.73. The third-order valence-corrected chi connectivity index (χ3v) is 9.02. The number of benzene rings is 4. The van der Waals surface area contributed by atoms with Crippen LogP contribution in [0.5, 0.6) is 0 Å². The smallest absolute Gasteiger partial charge is 0.297 e. The van der Waals surface area contributed by atoms with E-state index < -0.39 is 40.8 Å². The van der Waals surface area contributed by atoms with E-state index in [9.17, 15) is 13.5 Å². The van der Waals surface area contributed by atoms with Crippen LogP contribution >= 0.6 is 0 Å². The summed E-state index contributed by atoms with van der Waals surface area (Å²) in [7, 11) is -4.12. The van der Waals surface area contributed by atoms with E-state index in [2.05, 4.69) is 0 Å². The predicted molar refractivity (Wildman–Crippen MR) is 176 cm³/mol. The maximum atomic E-state index is 13.2. The summed E-state index contributed by atoms with van der Waals surface area (Å²) in [4.78, 5) is 0.0392. The molecule has 1 aliphatic rings. The molecule has 1 heterocycles. The van der Waals surface area contributed by atoms with Crippen LogP contribution in [0.25, 0.3) is 0 Å². The van der Waals surface area contributed by atoms with Crippen LogP contribution in [0.3, 0.4) is 0 Å². The number of hydrogen-bond acceptors (Lipinski definition) is 9. The van der Waals surface area contributed by atoms with Gasteiger partial charge >= 0.3 is 0 Å². The fraction of sp³-hybridized carbons (Fsp3) is 0.351. The van der Waals surface area contributed by atoms with Gasteiger partial charge in [0.25, 0.3) is 10.1 Å². The van der Waals surface area contributed by atoms with E-state index in [1.165, 1.54) is 12.1 Å². The van der Waals surface area contributed by atoms with E-state index >= 15 is 0 Å². The van der Waals surface area contributed by atoms with Crippen LogP contribution in [-0.4, -0.2) is 64.1 Å². The fourth-order valence-electron chi connectivity index (χ4n) is 5.21. The van der Waals surface area contributed by atoms with Crippen LogP contribution in [0.15, 0.2) is 120 Å². The lowest BCUT2D eigenvalue weighted by molar-refractivity contribution is -0.325. The average molecular weight is 663 g/mol. The zero-order valence-electron chi connectivity index (χ0n) is 26.4. The number of aliphatic hydroxyl groups is 1. The van der Waals surface area contributed by atoms with Gasteiger partial charge in [-0.2, -0.15) is 8.42 Å². The minimum atomic E-state index is -4.12. The monoisotopic (exact) mass is 662 g/mol. The van der Waals surface area contributed by atoms with Crippen LogP contribution in [0.4, 0.5) is 0 Å². The molecule has 0 spiro atoms. The molecule has 1 N–H and O–H groups in total. The summed E-state index contributed by atoms with van der Waals surface area (Å²) in [5.41, 5.74) is 3.73. The Kier molecular flexibility index (Phi) is 13.1. The molecule has 0 aliphatic carbocycles. The lowest BCUT2D eigenvalue weighted by atomic mass is 9.98. The highest BCUT2D eigenvalue weighted by Gasteiger charge is 2.49. The van der Waals surface area contributed by atoms with E-state index in [1.807, 2.05) is 97.9 Å². The Morgan fingerprint density at radius 1 is 0.638 bits per heavy atom. The maximum absolute atomic E-state index is 13.2. The molecule has 0 unspecified atom stereocenters. The quantitative estimate of drug-likeness (QED) is 0.115. The lowest BCUT2D eigenvalue weighted by Gasteiger charge is -2.45. The molecule has 1 fully saturated rings. The number of aryl methyl sites for hydroxylation is 1. The minimum absolute atomic E-state index is 0.0392. The lowest BCUT2D eigenvalue weighted by Crippen LogP contribution is -2.62. The van der Waals surface area contributed by atoms with Crippen LogP contribution in [0.2, 0.25) is 0 Å². The summed E-state index contributed by atoms with van der Waals surface area (Å²) in [6.45, 7) is 2.33. The summed E-state index contributed by atoms with van der Waals surface area (Å²) < 4.78 is 64.3. The SMILES string of the molecule is Cc1ccc(S(=O)(=O)OC[C@H]2O[C@H](OCCCO)[C@H](OCc3ccccc3)[C@@H](OCc3ccccc3)[C@H]2OCc2ccccc2)cc1. The molecule has 4 aromatic rings. The molecule has 0 aromatic heterocycles. The van der Waals surface area contributed by atoms with Crippen LogP contribution < -0.4 is 0 Å². The molecule has 1 aliphatic heterocycles. The molecule has 9 nitrogen and oxygen atoms in total. The maximum Gasteiger partial charge on any atom is 0.297 e. The van der Waals surface area contributed by atoms with Gasteiger partial charge < -0.3 is 28.8 Å². The van der Waals surface area contributed by atoms with Gasteiger partial charge in [-0.1, -0.05) is 109 Å². The molecule has 5 rings (SSSR count). The van der Waals surface area contributed by atoms with Crippen LogP contribution in [0.1, 0.15) is 28.7 Å². The van der Waals surface area contributed by atoms with Crippen molar-refractivity contribution in [2.24, 2.45) is 0 Å². The van der Waals surface area contributed by atoms with Crippen molar-refractivity contribution in [1.29, 1.82) is 0 Å². The zero-order chi connectivity index (χ0) is 32.9. The van der Waals surface area contributed by atoms with E-state index in [1.54, 1.807) is 12.1 Å². The van der Waals surface area contributed by atoms with Crippen molar-refractivity contribution in [2.75, 3.05) is 19.8 Å². The van der Waals surface area contributed by atoms with E-state index in [4.69, 9.17) is 27.9 Å². The van der Waals surface area contributed by atoms with Crippen molar-refractivity contribution in [3.8, 4) is 0 Å². The molecular formula is C37H42O9S. The molecule has 0 radical (unpaired) electrons. The van der Waals surface area contributed by atoms with Crippen LogP contribution in [0, 0.1) is 6.92 Å². The zero-order valence-corrected chi connectivity index (χ0v) is 27.2. The molecule has 250 valence electrons. The fourth-order valence-corrected chi connectivity index (χ4v) is 6.13. The Balaban J connectivity index is 1.46. The van der Waals surface area contributed by atoms with Crippen molar-refractivity contribution >= 4 is 10.1 Å². The van der Waals surface area contributed by atoms with Gasteiger partial charge in [0.05, 0.1) is 37.9 Å². The normalized spacial score (nSPS) is 21.4. The Morgan fingerprint density at radius 3 is 1.64 bits per heavy atom. The van der Waals surface area contributed by atoms with Crippen molar-refractivity contribution in [3.05, 3.63) is 138 Å². The van der Waals surface area contributed by atoms with Gasteiger partial charge in [0.1, 0.15) is 24.4 Å². The Morgan fingerprint density at radius 2 is 1.13 bits per heavy atom. The highest BCUT2D eigenvalue weighted by Crippen LogP contribution is 2.32. The van der Waals surface area contributed by atoms with Crippen molar-refractivity contribution < 1.29 is 41.4 Å². The number of rotatable bonds is 17. The Labute approximate surface area is 277 Å². The first kappa shape index (κ1) is 34.9. The van der Waals surface area contributed by atoms with Gasteiger partial charge in [0.15, 0.2) is 6.29 Å². The van der Waals surface area contributed by atoms with Gasteiger partial charge in [-0.25, -0.2) is 0 Å². The summed E-state index contributed by atoms with van der Waals surface area (Å²) in [6, 6.07) is 35.5. The molecule has 47 heavy (non-hydrogen) atoms. The van der Waals surface area contributed by atoms with Gasteiger partial charge in [0, 0.05) is 6.61 Å². The second-order valence-corrected chi connectivity index (χ2v) is 12.9. The number of hydrogen-bond donors (Lipinski definition) is 1. The number of aliphatic hydroxyl groups excluding tert-OH is 1. The molecule has 4 aromatic carbocycles. The first-order valence-electron chi connectivity index (χ1n) is 15.7. The predicted octanol–water partition coefficient (Wildman–Crippen LogP) is 5.58. The van der Waals surface area contributed by atoms with E-state index in [-0.39, 0.29) is 44.5 Å². The molecule has 0 bridgehead atoms. The van der Waals surface area contributed by atoms with Crippen molar-refractivity contribution in [1.82, 2.24) is 0 Å². The van der Waals surface area contributed by atoms with Crippen LogP contribution in [-0.2, 0) is 57.8 Å². The van der Waals surface area contributed by atoms with E-state index in [0.29, 0.717) is 6.42 Å². The largest absolute Gasteiger partial charge is 0.396 e. The highest BCUT2D eigenvalue weighted by atomic mass is 32.2. The second-order valence-electron chi connectivity index (χ2n) is 11.3. The summed E-state index contributed by atoms with van der Waals surface area (Å²) >= 11 is 0. The molecule has 0 saturated carbocycles. The first-order chi connectivity index (χ1) is 22.9. The van der Waals surface area contributed by atoms with Crippen molar-refractivity contribution in [2.45, 2.75) is 68.8 Å². The molecule has 1 saturated heterocycles. The average Bonchev–Trinajstić information content (AvgIpc) is 3.10. The molecular weight excluding hydrogens is 620 g/mol. The second kappa shape index (κ2) is 17.6. The minimum Gasteiger partial charge on any atom is -0.396 e. The molecule has 5 atom stereocenters. The molecule has 10 heteroatoms. The summed E-state index contributed by atoms with van der Waals surface area (Å²) in [5.74, 6) is 0. The first-order valence-corrected chi connectivity index (χ1v) is 17.1. The Bertz CT molecular complexity index is 1570. The van der Waals surface area contributed by atoms with Gasteiger partial charge in [-0.05, 0) is 42.2 Å². The van der Waals surface area contributed by atoms with Gasteiger partial charge in [-0.3, -0.25) is 4.18 Å². The standard InChI is InChI=1S/C37H42O9S/c1-28-18-20-32(21-19-28)47(39,40)45-27-33-34(42-24-29-12-5-2-6-13-29)35(43-25-30-14-7-3-8-15-30)36(37(46-33)41-23-11-22-38)44-26-31-16-9-4-10-17-31/h2-10,12-21,33-38H,11,22-27H2,1H3/t33-,34+,35+,36-,37+/m1/s1.